The molecule has 1 unspecified atom stereocenters. The molecule has 10 heavy (non-hydrogen) atoms. The van der Waals surface area contributed by atoms with Crippen molar-refractivity contribution >= 4 is 14.2 Å². The van der Waals surface area contributed by atoms with Gasteiger partial charge in [-0.3, -0.25) is 4.99 Å². The minimum absolute atomic E-state index is 1.01. The molecule has 2 aliphatic heterocycles. The minimum Gasteiger partial charge on any atom is -0.357 e. The highest BCUT2D eigenvalue weighted by molar-refractivity contribution is 7.58. The third-order valence-electron chi connectivity index (χ3n) is 2.04. The highest BCUT2D eigenvalue weighted by Gasteiger charge is 2.17. The lowest BCUT2D eigenvalue weighted by molar-refractivity contribution is 0.397. The summed E-state index contributed by atoms with van der Waals surface area (Å²) in [7, 11) is 1.01. The molecule has 3 heteroatoms. The van der Waals surface area contributed by atoms with Crippen LogP contribution in [-0.4, -0.2) is 36.3 Å². The summed E-state index contributed by atoms with van der Waals surface area (Å²) in [6, 6.07) is 0. The maximum Gasteiger partial charge on any atom is 0.119 e. The van der Waals surface area contributed by atoms with Gasteiger partial charge >= 0.3 is 0 Å². The van der Waals surface area contributed by atoms with Gasteiger partial charge in [-0.1, -0.05) is 8.58 Å². The van der Waals surface area contributed by atoms with Crippen molar-refractivity contribution in [2.45, 2.75) is 12.8 Å². The first-order valence-electron chi connectivity index (χ1n) is 4.00. The summed E-state index contributed by atoms with van der Waals surface area (Å²) in [6.07, 6.45) is 4.04. The molecule has 1 atom stereocenters. The lowest BCUT2D eigenvalue weighted by Gasteiger charge is -2.32. The number of aliphatic imine (C=N–C) groups is 1. The van der Waals surface area contributed by atoms with Crippen molar-refractivity contribution < 1.29 is 0 Å². The van der Waals surface area contributed by atoms with Gasteiger partial charge in [0.25, 0.3) is 0 Å². The second-order valence-corrected chi connectivity index (χ2v) is 4.13. The van der Waals surface area contributed by atoms with Crippen LogP contribution in [0.1, 0.15) is 12.8 Å². The first kappa shape index (κ1) is 6.60. The van der Waals surface area contributed by atoms with E-state index in [9.17, 15) is 0 Å². The first-order chi connectivity index (χ1) is 4.97. The van der Waals surface area contributed by atoms with Crippen molar-refractivity contribution in [1.29, 1.82) is 0 Å². The second-order valence-electron chi connectivity index (χ2n) is 2.83. The molecule has 2 rings (SSSR count). The Morgan fingerprint density at radius 3 is 3.10 bits per heavy atom. The SMILES string of the molecule is C1CN=C2PCCCN2C1. The van der Waals surface area contributed by atoms with E-state index in [1.54, 1.807) is 0 Å². The van der Waals surface area contributed by atoms with Gasteiger partial charge < -0.3 is 4.90 Å². The third kappa shape index (κ3) is 1.17. The maximum absolute atomic E-state index is 4.51. The van der Waals surface area contributed by atoms with Crippen LogP contribution in [0.15, 0.2) is 4.99 Å². The van der Waals surface area contributed by atoms with E-state index in [-0.39, 0.29) is 0 Å². The van der Waals surface area contributed by atoms with Crippen LogP contribution in [0, 0.1) is 0 Å². The lowest BCUT2D eigenvalue weighted by Crippen LogP contribution is -2.36. The topological polar surface area (TPSA) is 15.6 Å². The van der Waals surface area contributed by atoms with Crippen LogP contribution < -0.4 is 0 Å². The van der Waals surface area contributed by atoms with E-state index in [4.69, 9.17) is 0 Å². The first-order valence-corrected chi connectivity index (χ1v) is 5.21. The Kier molecular flexibility index (Phi) is 1.90. The van der Waals surface area contributed by atoms with Gasteiger partial charge in [-0.15, -0.1) is 0 Å². The van der Waals surface area contributed by atoms with Gasteiger partial charge in [-0.05, 0) is 19.0 Å². The zero-order chi connectivity index (χ0) is 6.81. The van der Waals surface area contributed by atoms with Crippen LogP contribution in [0.25, 0.3) is 0 Å². The fraction of sp³-hybridized carbons (Fsp3) is 0.857. The number of rotatable bonds is 0. The van der Waals surface area contributed by atoms with E-state index in [0.29, 0.717) is 0 Å². The van der Waals surface area contributed by atoms with E-state index in [1.807, 2.05) is 0 Å². The fourth-order valence-electron chi connectivity index (χ4n) is 1.51. The summed E-state index contributed by atoms with van der Waals surface area (Å²) in [5.74, 6) is 0. The molecule has 0 aliphatic carbocycles. The molecule has 0 bridgehead atoms. The Morgan fingerprint density at radius 2 is 2.20 bits per heavy atom. The average molecular weight is 156 g/mol. The molecule has 0 N–H and O–H groups in total. The minimum atomic E-state index is 1.01. The number of nitrogens with zero attached hydrogens (tertiary/aromatic N) is 2. The summed E-state index contributed by atoms with van der Waals surface area (Å²) in [5.41, 5.74) is 1.41. The van der Waals surface area contributed by atoms with Crippen LogP contribution in [0.3, 0.4) is 0 Å². The van der Waals surface area contributed by atoms with Gasteiger partial charge in [0, 0.05) is 19.6 Å². The molecule has 0 radical (unpaired) electrons. The normalized spacial score (nSPS) is 28.0. The van der Waals surface area contributed by atoms with Gasteiger partial charge in [0.15, 0.2) is 0 Å². The number of amidine groups is 1. The Balaban J connectivity index is 2.08. The van der Waals surface area contributed by atoms with E-state index < -0.39 is 0 Å². The van der Waals surface area contributed by atoms with Crippen molar-refractivity contribution in [3.8, 4) is 0 Å². The molecular formula is C7H13N2P. The quantitative estimate of drug-likeness (QED) is 0.480. The molecule has 0 amide bonds. The van der Waals surface area contributed by atoms with Gasteiger partial charge in [0.2, 0.25) is 0 Å². The van der Waals surface area contributed by atoms with Crippen LogP contribution in [0.2, 0.25) is 0 Å². The molecule has 0 aromatic rings. The largest absolute Gasteiger partial charge is 0.357 e. The second kappa shape index (κ2) is 2.87. The predicted octanol–water partition coefficient (Wildman–Crippen LogP) is 1.13. The van der Waals surface area contributed by atoms with E-state index in [1.165, 1.54) is 37.7 Å². The molecule has 0 aromatic heterocycles. The third-order valence-corrected chi connectivity index (χ3v) is 3.43. The molecule has 2 aliphatic rings. The Bertz CT molecular complexity index is 156. The van der Waals surface area contributed by atoms with Crippen LogP contribution in [-0.2, 0) is 0 Å². The maximum atomic E-state index is 4.51. The van der Waals surface area contributed by atoms with E-state index in [0.717, 1.165) is 15.1 Å². The highest BCUT2D eigenvalue weighted by atomic mass is 31.1. The van der Waals surface area contributed by atoms with Gasteiger partial charge in [-0.25, -0.2) is 0 Å². The lowest BCUT2D eigenvalue weighted by atomic mass is 10.3. The molecule has 2 heterocycles. The standard InChI is InChI=1S/C7H13N2P/c1-3-8-7-9(4-1)5-2-6-10-7/h10H,1-6H2. The molecule has 0 spiro atoms. The molecule has 2 nitrogen and oxygen atoms in total. The predicted molar refractivity (Wildman–Crippen MR) is 46.3 cm³/mol. The van der Waals surface area contributed by atoms with Crippen molar-refractivity contribution in [3.63, 3.8) is 0 Å². The van der Waals surface area contributed by atoms with Crippen LogP contribution in [0.5, 0.6) is 0 Å². The smallest absolute Gasteiger partial charge is 0.119 e. The van der Waals surface area contributed by atoms with Crippen molar-refractivity contribution in [3.05, 3.63) is 0 Å². The number of hydrogen-bond donors (Lipinski definition) is 0. The summed E-state index contributed by atoms with van der Waals surface area (Å²) < 4.78 is 0. The highest BCUT2D eigenvalue weighted by Crippen LogP contribution is 2.25. The molecule has 1 fully saturated rings. The van der Waals surface area contributed by atoms with E-state index in [2.05, 4.69) is 9.89 Å². The van der Waals surface area contributed by atoms with E-state index >= 15 is 0 Å². The Morgan fingerprint density at radius 1 is 1.30 bits per heavy atom. The summed E-state index contributed by atoms with van der Waals surface area (Å²) >= 11 is 0. The molecule has 56 valence electrons. The van der Waals surface area contributed by atoms with Crippen molar-refractivity contribution in [2.75, 3.05) is 25.8 Å². The van der Waals surface area contributed by atoms with Gasteiger partial charge in [0.1, 0.15) is 5.58 Å². The van der Waals surface area contributed by atoms with Crippen LogP contribution >= 0.6 is 8.58 Å². The van der Waals surface area contributed by atoms with Gasteiger partial charge in [0.05, 0.1) is 0 Å². The summed E-state index contributed by atoms with van der Waals surface area (Å²) in [6.45, 7) is 3.62. The molecule has 1 saturated heterocycles. The van der Waals surface area contributed by atoms with Gasteiger partial charge in [-0.2, -0.15) is 0 Å². The number of hydrogen-bond acceptors (Lipinski definition) is 2. The Labute approximate surface area is 63.5 Å². The van der Waals surface area contributed by atoms with Crippen molar-refractivity contribution in [2.24, 2.45) is 4.99 Å². The zero-order valence-electron chi connectivity index (χ0n) is 6.14. The summed E-state index contributed by atoms with van der Waals surface area (Å²) in [5, 5.41) is 0. The fourth-order valence-corrected chi connectivity index (χ4v) is 2.74. The van der Waals surface area contributed by atoms with Crippen molar-refractivity contribution in [1.82, 2.24) is 4.90 Å². The van der Waals surface area contributed by atoms with Crippen LogP contribution in [0.4, 0.5) is 0 Å². The molecular weight excluding hydrogens is 143 g/mol. The monoisotopic (exact) mass is 156 g/mol. The number of fused-ring (bicyclic) bond motifs is 1. The molecule has 0 saturated carbocycles. The zero-order valence-corrected chi connectivity index (χ0v) is 7.14. The Hall–Kier alpha value is -0.100. The average Bonchev–Trinajstić information content (AvgIpc) is 2.05. The summed E-state index contributed by atoms with van der Waals surface area (Å²) in [4.78, 5) is 6.97. The molecule has 0 aromatic carbocycles.